The second-order valence-electron chi connectivity index (χ2n) is 10.0. The third-order valence-corrected chi connectivity index (χ3v) is 7.80. The number of likely N-dealkylation sites (tertiary alicyclic amines) is 1. The quantitative estimate of drug-likeness (QED) is 0.451. The van der Waals surface area contributed by atoms with Crippen molar-refractivity contribution in [3.05, 3.63) is 95.6 Å². The Hall–Kier alpha value is -3.84. The number of nitrogens with zero attached hydrogens (tertiary/aromatic N) is 3. The molecule has 0 bridgehead atoms. The van der Waals surface area contributed by atoms with Gasteiger partial charge in [0.05, 0.1) is 6.54 Å². The van der Waals surface area contributed by atoms with Crippen LogP contribution in [-0.2, 0) is 24.3 Å². The predicted molar refractivity (Wildman–Crippen MR) is 139 cm³/mol. The average Bonchev–Trinajstić information content (AvgIpc) is 3.47. The van der Waals surface area contributed by atoms with Crippen molar-refractivity contribution in [1.82, 2.24) is 14.7 Å². The normalized spacial score (nSPS) is 18.7. The second kappa shape index (κ2) is 9.90. The summed E-state index contributed by atoms with van der Waals surface area (Å²) in [5.41, 5.74) is 2.50. The van der Waals surface area contributed by atoms with Gasteiger partial charge in [0.15, 0.2) is 11.5 Å². The van der Waals surface area contributed by atoms with Crippen molar-refractivity contribution in [2.45, 2.75) is 37.9 Å². The Labute approximate surface area is 217 Å². The lowest BCUT2D eigenvalue weighted by molar-refractivity contribution is -0.136. The molecule has 7 heteroatoms. The maximum absolute atomic E-state index is 13.9. The molecule has 3 heterocycles. The number of carbonyl (C=O) groups is 2. The topological polar surface area (TPSA) is 62.3 Å². The van der Waals surface area contributed by atoms with Crippen LogP contribution >= 0.6 is 0 Å². The summed E-state index contributed by atoms with van der Waals surface area (Å²) in [6.45, 7) is 3.36. The molecule has 0 radical (unpaired) electrons. The average molecular weight is 498 g/mol. The molecule has 3 aliphatic heterocycles. The zero-order chi connectivity index (χ0) is 25.2. The molecule has 6 rings (SSSR count). The van der Waals surface area contributed by atoms with Crippen LogP contribution in [0.5, 0.6) is 11.5 Å². The molecular formula is C30H31N3O4. The van der Waals surface area contributed by atoms with Gasteiger partial charge in [0.25, 0.3) is 5.91 Å². The van der Waals surface area contributed by atoms with Gasteiger partial charge < -0.3 is 14.4 Å². The lowest BCUT2D eigenvalue weighted by Gasteiger charge is -2.42. The van der Waals surface area contributed by atoms with Gasteiger partial charge in [0.1, 0.15) is 5.54 Å². The number of hydrogen-bond acceptors (Lipinski definition) is 5. The monoisotopic (exact) mass is 497 g/mol. The summed E-state index contributed by atoms with van der Waals surface area (Å²) in [4.78, 5) is 33.3. The van der Waals surface area contributed by atoms with Crippen LogP contribution in [-0.4, -0.2) is 58.6 Å². The van der Waals surface area contributed by atoms with Crippen molar-refractivity contribution in [3.8, 4) is 11.5 Å². The Morgan fingerprint density at radius 2 is 1.41 bits per heavy atom. The first-order valence-electron chi connectivity index (χ1n) is 12.9. The van der Waals surface area contributed by atoms with Gasteiger partial charge in [0, 0.05) is 26.2 Å². The second-order valence-corrected chi connectivity index (χ2v) is 10.0. The van der Waals surface area contributed by atoms with E-state index >= 15 is 0 Å². The summed E-state index contributed by atoms with van der Waals surface area (Å²) >= 11 is 0. The number of hydrogen-bond donors (Lipinski definition) is 0. The number of benzene rings is 3. The first-order chi connectivity index (χ1) is 18.1. The third kappa shape index (κ3) is 4.55. The Balaban J connectivity index is 1.20. The highest BCUT2D eigenvalue weighted by Crippen LogP contribution is 2.39. The summed E-state index contributed by atoms with van der Waals surface area (Å²) in [5.74, 6) is 1.51. The van der Waals surface area contributed by atoms with E-state index < -0.39 is 5.54 Å². The van der Waals surface area contributed by atoms with Gasteiger partial charge in [-0.3, -0.25) is 14.6 Å². The zero-order valence-corrected chi connectivity index (χ0v) is 20.8. The summed E-state index contributed by atoms with van der Waals surface area (Å²) in [6.07, 6.45) is 1.98. The largest absolute Gasteiger partial charge is 0.454 e. The van der Waals surface area contributed by atoms with Gasteiger partial charge in [-0.25, -0.2) is 4.79 Å². The fraction of sp³-hybridized carbons (Fsp3) is 0.333. The molecule has 3 aromatic rings. The van der Waals surface area contributed by atoms with E-state index in [4.69, 9.17) is 9.47 Å². The Kier molecular flexibility index (Phi) is 6.30. The number of carbonyl (C=O) groups excluding carboxylic acids is 2. The van der Waals surface area contributed by atoms with E-state index in [1.54, 1.807) is 0 Å². The summed E-state index contributed by atoms with van der Waals surface area (Å²) < 4.78 is 11.0. The molecule has 0 aromatic heterocycles. The van der Waals surface area contributed by atoms with Gasteiger partial charge in [-0.2, -0.15) is 0 Å². The molecule has 3 aromatic carbocycles. The minimum absolute atomic E-state index is 0.0582. The number of rotatable bonds is 7. The molecular weight excluding hydrogens is 466 g/mol. The van der Waals surface area contributed by atoms with Gasteiger partial charge in [-0.05, 0) is 48.1 Å². The van der Waals surface area contributed by atoms with Crippen molar-refractivity contribution >= 4 is 11.9 Å². The maximum atomic E-state index is 13.9. The molecule has 1 spiro atoms. The Morgan fingerprint density at radius 1 is 0.730 bits per heavy atom. The molecule has 0 saturated carbocycles. The van der Waals surface area contributed by atoms with Crippen molar-refractivity contribution in [3.63, 3.8) is 0 Å². The first-order valence-corrected chi connectivity index (χ1v) is 12.9. The minimum atomic E-state index is -0.786. The molecule has 3 amide bonds. The SMILES string of the molecule is O=C1N(Cc2ccccc2)C(=O)C2(CCN(Cc3ccc4c(c3)OCO4)CC2)N1CCc1ccccc1. The summed E-state index contributed by atoms with van der Waals surface area (Å²) in [7, 11) is 0. The molecule has 7 nitrogen and oxygen atoms in total. The molecule has 0 atom stereocenters. The number of imide groups is 1. The third-order valence-electron chi connectivity index (χ3n) is 7.80. The van der Waals surface area contributed by atoms with Crippen LogP contribution in [0.3, 0.4) is 0 Å². The van der Waals surface area contributed by atoms with Gasteiger partial charge in [0.2, 0.25) is 6.79 Å². The number of ether oxygens (including phenoxy) is 2. The van der Waals surface area contributed by atoms with E-state index in [9.17, 15) is 9.59 Å². The number of fused-ring (bicyclic) bond motifs is 1. The zero-order valence-electron chi connectivity index (χ0n) is 20.8. The van der Waals surface area contributed by atoms with Gasteiger partial charge in [-0.1, -0.05) is 66.7 Å². The van der Waals surface area contributed by atoms with E-state index in [-0.39, 0.29) is 18.7 Å². The fourth-order valence-corrected chi connectivity index (χ4v) is 5.75. The van der Waals surface area contributed by atoms with Crippen LogP contribution in [0, 0.1) is 0 Å². The smallest absolute Gasteiger partial charge is 0.328 e. The van der Waals surface area contributed by atoms with Crippen LogP contribution in [0.25, 0.3) is 0 Å². The van der Waals surface area contributed by atoms with E-state index in [2.05, 4.69) is 23.1 Å². The van der Waals surface area contributed by atoms with Crippen molar-refractivity contribution in [2.75, 3.05) is 26.4 Å². The van der Waals surface area contributed by atoms with E-state index in [0.717, 1.165) is 48.7 Å². The summed E-state index contributed by atoms with van der Waals surface area (Å²) in [5, 5.41) is 0. The van der Waals surface area contributed by atoms with Crippen LogP contribution in [0.1, 0.15) is 29.5 Å². The maximum Gasteiger partial charge on any atom is 0.328 e. The lowest BCUT2D eigenvalue weighted by Crippen LogP contribution is -2.56. The standard InChI is InChI=1S/C30H31N3O4/c34-28-30(14-17-31(18-15-30)20-25-11-12-26-27(19-25)37-22-36-26)33(16-13-23-7-3-1-4-8-23)29(35)32(28)21-24-9-5-2-6-10-24/h1-12,19H,13-18,20-22H2. The highest BCUT2D eigenvalue weighted by atomic mass is 16.7. The minimum Gasteiger partial charge on any atom is -0.454 e. The molecule has 0 N–H and O–H groups in total. The van der Waals surface area contributed by atoms with Crippen molar-refractivity contribution in [1.29, 1.82) is 0 Å². The van der Waals surface area contributed by atoms with Gasteiger partial charge in [-0.15, -0.1) is 0 Å². The molecule has 37 heavy (non-hydrogen) atoms. The lowest BCUT2D eigenvalue weighted by atomic mass is 9.85. The van der Waals surface area contributed by atoms with Crippen molar-refractivity contribution < 1.29 is 19.1 Å². The van der Waals surface area contributed by atoms with Crippen LogP contribution in [0.15, 0.2) is 78.9 Å². The van der Waals surface area contributed by atoms with Crippen LogP contribution in [0.2, 0.25) is 0 Å². The van der Waals surface area contributed by atoms with E-state index in [1.807, 2.05) is 65.6 Å². The molecule has 0 aliphatic carbocycles. The predicted octanol–water partition coefficient (Wildman–Crippen LogP) is 4.46. The molecule has 2 fully saturated rings. The van der Waals surface area contributed by atoms with Crippen molar-refractivity contribution in [2.24, 2.45) is 0 Å². The molecule has 3 aliphatic rings. The number of piperidine rings is 1. The highest BCUT2D eigenvalue weighted by Gasteiger charge is 2.57. The molecule has 190 valence electrons. The van der Waals surface area contributed by atoms with E-state index in [1.165, 1.54) is 10.5 Å². The van der Waals surface area contributed by atoms with Gasteiger partial charge >= 0.3 is 6.03 Å². The number of amides is 3. The number of urea groups is 1. The van der Waals surface area contributed by atoms with Crippen LogP contribution in [0.4, 0.5) is 4.79 Å². The molecule has 0 unspecified atom stereocenters. The fourth-order valence-electron chi connectivity index (χ4n) is 5.75. The summed E-state index contributed by atoms with van der Waals surface area (Å²) in [6, 6.07) is 25.8. The Morgan fingerprint density at radius 3 is 2.14 bits per heavy atom. The molecule has 2 saturated heterocycles. The van der Waals surface area contributed by atoms with Crippen LogP contribution < -0.4 is 9.47 Å². The van der Waals surface area contributed by atoms with E-state index in [0.29, 0.717) is 25.9 Å². The Bertz CT molecular complexity index is 1270. The highest BCUT2D eigenvalue weighted by molar-refractivity contribution is 6.07. The first kappa shape index (κ1) is 23.6.